The van der Waals surface area contributed by atoms with Crippen LogP contribution in [0.15, 0.2) is 54.6 Å². The van der Waals surface area contributed by atoms with E-state index in [0.29, 0.717) is 0 Å². The number of carbonyl (C=O) groups excluding carboxylic acids is 1. The Labute approximate surface area is 143 Å². The van der Waals surface area contributed by atoms with Gasteiger partial charge in [0.15, 0.2) is 0 Å². The van der Waals surface area contributed by atoms with E-state index in [9.17, 15) is 4.79 Å². The largest absolute Gasteiger partial charge is 0.322 e. The Morgan fingerprint density at radius 1 is 1.08 bits per heavy atom. The molecular formula is C20H23N3O. The molecule has 1 fully saturated rings. The molecule has 4 heteroatoms. The Kier molecular flexibility index (Phi) is 3.98. The number of hydrogen-bond donors (Lipinski definition) is 1. The van der Waals surface area contributed by atoms with Crippen LogP contribution in [0.5, 0.6) is 0 Å². The predicted octanol–water partition coefficient (Wildman–Crippen LogP) is 3.72. The minimum Gasteiger partial charge on any atom is -0.309 e. The number of likely N-dealkylation sites (tertiary alicyclic amines) is 1. The van der Waals surface area contributed by atoms with Crippen molar-refractivity contribution in [2.75, 3.05) is 25.0 Å². The number of para-hydroxylation sites is 1. The summed E-state index contributed by atoms with van der Waals surface area (Å²) in [6, 6.07) is 18.8. The quantitative estimate of drug-likeness (QED) is 0.935. The number of nitrogens with one attached hydrogen (secondary N) is 1. The van der Waals surface area contributed by atoms with E-state index in [1.165, 1.54) is 11.1 Å². The first-order valence-corrected chi connectivity index (χ1v) is 8.73. The molecule has 2 aliphatic rings. The molecule has 1 N–H and O–H groups in total. The lowest BCUT2D eigenvalue weighted by atomic mass is 9.92. The fourth-order valence-electron chi connectivity index (χ4n) is 3.97. The number of benzene rings is 2. The van der Waals surface area contributed by atoms with Crippen molar-refractivity contribution in [1.82, 2.24) is 9.80 Å². The lowest BCUT2D eigenvalue weighted by Crippen LogP contribution is -2.49. The molecule has 0 spiro atoms. The van der Waals surface area contributed by atoms with E-state index in [1.807, 2.05) is 18.2 Å². The summed E-state index contributed by atoms with van der Waals surface area (Å²) in [5, 5.41) is 3.09. The van der Waals surface area contributed by atoms with Gasteiger partial charge in [-0.05, 0) is 24.6 Å². The number of carbonyl (C=O) groups is 1. The number of likely N-dealkylation sites (N-methyl/N-ethyl adjacent to an activating group) is 1. The monoisotopic (exact) mass is 321 g/mol. The molecule has 2 atom stereocenters. The molecule has 0 bridgehead atoms. The lowest BCUT2D eigenvalue weighted by molar-refractivity contribution is 0.164. The molecule has 1 saturated heterocycles. The van der Waals surface area contributed by atoms with Crippen LogP contribution in [0.4, 0.5) is 10.5 Å². The summed E-state index contributed by atoms with van der Waals surface area (Å²) in [7, 11) is 0. The molecule has 0 saturated carbocycles. The Morgan fingerprint density at radius 3 is 2.58 bits per heavy atom. The zero-order valence-electron chi connectivity index (χ0n) is 14.0. The van der Waals surface area contributed by atoms with Crippen molar-refractivity contribution in [3.63, 3.8) is 0 Å². The Hall–Kier alpha value is -2.33. The van der Waals surface area contributed by atoms with Gasteiger partial charge in [-0.2, -0.15) is 0 Å². The minimum absolute atomic E-state index is 0.0158. The molecule has 2 aliphatic heterocycles. The topological polar surface area (TPSA) is 35.6 Å². The number of rotatable bonds is 3. The van der Waals surface area contributed by atoms with Gasteiger partial charge in [0.1, 0.15) is 0 Å². The first-order valence-electron chi connectivity index (χ1n) is 8.73. The number of fused-ring (bicyclic) bond motifs is 1. The van der Waals surface area contributed by atoms with Gasteiger partial charge in [-0.1, -0.05) is 55.5 Å². The second kappa shape index (κ2) is 6.29. The van der Waals surface area contributed by atoms with Crippen molar-refractivity contribution in [2.24, 2.45) is 0 Å². The molecule has 2 aromatic rings. The van der Waals surface area contributed by atoms with Crippen molar-refractivity contribution in [1.29, 1.82) is 0 Å². The van der Waals surface area contributed by atoms with E-state index in [2.05, 4.69) is 58.4 Å². The normalized spacial score (nSPS) is 23.9. The van der Waals surface area contributed by atoms with Gasteiger partial charge in [0.2, 0.25) is 0 Å². The Balaban J connectivity index is 1.78. The molecule has 2 heterocycles. The van der Waals surface area contributed by atoms with Crippen LogP contribution in [0, 0.1) is 0 Å². The summed E-state index contributed by atoms with van der Waals surface area (Å²) in [6.45, 7) is 5.24. The van der Waals surface area contributed by atoms with Gasteiger partial charge in [0, 0.05) is 30.4 Å². The minimum atomic E-state index is -0.0158. The molecule has 4 rings (SSSR count). The molecule has 124 valence electrons. The molecule has 2 unspecified atom stereocenters. The highest BCUT2D eigenvalue weighted by atomic mass is 16.2. The van der Waals surface area contributed by atoms with Crippen molar-refractivity contribution >= 4 is 11.7 Å². The first-order chi connectivity index (χ1) is 11.8. The molecular weight excluding hydrogens is 298 g/mol. The van der Waals surface area contributed by atoms with Crippen molar-refractivity contribution in [3.8, 4) is 0 Å². The van der Waals surface area contributed by atoms with Crippen LogP contribution in [-0.4, -0.2) is 41.5 Å². The van der Waals surface area contributed by atoms with Gasteiger partial charge in [0.05, 0.1) is 6.04 Å². The first kappa shape index (κ1) is 15.2. The average Bonchev–Trinajstić information content (AvgIpc) is 3.10. The third-order valence-corrected chi connectivity index (χ3v) is 5.21. The second-order valence-corrected chi connectivity index (χ2v) is 6.57. The highest BCUT2D eigenvalue weighted by molar-refractivity contribution is 5.94. The van der Waals surface area contributed by atoms with E-state index >= 15 is 0 Å². The van der Waals surface area contributed by atoms with Gasteiger partial charge >= 0.3 is 6.03 Å². The van der Waals surface area contributed by atoms with E-state index in [0.717, 1.165) is 31.7 Å². The van der Waals surface area contributed by atoms with Crippen molar-refractivity contribution in [2.45, 2.75) is 25.4 Å². The van der Waals surface area contributed by atoms with E-state index in [-0.39, 0.29) is 18.1 Å². The summed E-state index contributed by atoms with van der Waals surface area (Å²) in [4.78, 5) is 17.4. The van der Waals surface area contributed by atoms with Crippen LogP contribution < -0.4 is 5.32 Å². The van der Waals surface area contributed by atoms with Gasteiger partial charge in [-0.3, -0.25) is 0 Å². The van der Waals surface area contributed by atoms with Crippen LogP contribution in [0.1, 0.15) is 30.5 Å². The standard InChI is InChI=1S/C20H23N3O/c1-2-22-13-12-16(14-22)23-19(15-8-4-3-5-9-15)17-10-6-7-11-18(17)21-20(23)24/h3-11,16,19H,2,12-14H2,1H3,(H,21,24). The van der Waals surface area contributed by atoms with E-state index in [1.54, 1.807) is 0 Å². The van der Waals surface area contributed by atoms with Crippen LogP contribution in [0.25, 0.3) is 0 Å². The average molecular weight is 321 g/mol. The highest BCUT2D eigenvalue weighted by Crippen LogP contribution is 2.40. The number of anilines is 1. The van der Waals surface area contributed by atoms with Gasteiger partial charge in [0.25, 0.3) is 0 Å². The van der Waals surface area contributed by atoms with Crippen LogP contribution in [-0.2, 0) is 0 Å². The fraction of sp³-hybridized carbons (Fsp3) is 0.350. The fourth-order valence-corrected chi connectivity index (χ4v) is 3.97. The summed E-state index contributed by atoms with van der Waals surface area (Å²) in [5.74, 6) is 0. The van der Waals surface area contributed by atoms with Crippen LogP contribution in [0.3, 0.4) is 0 Å². The molecule has 0 aliphatic carbocycles. The maximum Gasteiger partial charge on any atom is 0.322 e. The van der Waals surface area contributed by atoms with Gasteiger partial charge in [-0.15, -0.1) is 0 Å². The van der Waals surface area contributed by atoms with Crippen LogP contribution in [0.2, 0.25) is 0 Å². The SMILES string of the molecule is CCN1CCC(N2C(=O)Nc3ccccc3C2c2ccccc2)C1. The Bertz CT molecular complexity index is 731. The summed E-state index contributed by atoms with van der Waals surface area (Å²) < 4.78 is 0. The van der Waals surface area contributed by atoms with E-state index in [4.69, 9.17) is 0 Å². The van der Waals surface area contributed by atoms with Crippen molar-refractivity contribution < 1.29 is 4.79 Å². The molecule has 0 aromatic heterocycles. The molecule has 24 heavy (non-hydrogen) atoms. The summed E-state index contributed by atoms with van der Waals surface area (Å²) >= 11 is 0. The number of urea groups is 1. The highest BCUT2D eigenvalue weighted by Gasteiger charge is 2.40. The van der Waals surface area contributed by atoms with E-state index < -0.39 is 0 Å². The summed E-state index contributed by atoms with van der Waals surface area (Å²) in [6.07, 6.45) is 1.03. The van der Waals surface area contributed by atoms with Gasteiger partial charge < -0.3 is 15.1 Å². The lowest BCUT2D eigenvalue weighted by Gasteiger charge is -2.41. The molecule has 2 aromatic carbocycles. The smallest absolute Gasteiger partial charge is 0.309 e. The van der Waals surface area contributed by atoms with Crippen molar-refractivity contribution in [3.05, 3.63) is 65.7 Å². The maximum atomic E-state index is 12.9. The molecule has 2 amide bonds. The number of nitrogens with zero attached hydrogens (tertiary/aromatic N) is 2. The number of hydrogen-bond acceptors (Lipinski definition) is 2. The third kappa shape index (κ3) is 2.57. The second-order valence-electron chi connectivity index (χ2n) is 6.57. The Morgan fingerprint density at radius 2 is 1.83 bits per heavy atom. The van der Waals surface area contributed by atoms with Gasteiger partial charge in [-0.25, -0.2) is 4.79 Å². The third-order valence-electron chi connectivity index (χ3n) is 5.21. The predicted molar refractivity (Wildman–Crippen MR) is 96.1 cm³/mol. The summed E-state index contributed by atoms with van der Waals surface area (Å²) in [5.41, 5.74) is 3.28. The molecule has 0 radical (unpaired) electrons. The maximum absolute atomic E-state index is 12.9. The molecule has 4 nitrogen and oxygen atoms in total. The number of amides is 2. The zero-order chi connectivity index (χ0) is 16.5. The van der Waals surface area contributed by atoms with Crippen LogP contribution >= 0.6 is 0 Å². The zero-order valence-corrected chi connectivity index (χ0v) is 14.0.